The van der Waals surface area contributed by atoms with Gasteiger partial charge in [-0.05, 0) is 26.0 Å². The van der Waals surface area contributed by atoms with Gasteiger partial charge in [0.1, 0.15) is 0 Å². The first-order chi connectivity index (χ1) is 8.20. The largest absolute Gasteiger partial charge is 0.397 e. The van der Waals surface area contributed by atoms with E-state index in [4.69, 9.17) is 10.5 Å². The summed E-state index contributed by atoms with van der Waals surface area (Å²) in [5.41, 5.74) is 8.68. The second kappa shape index (κ2) is 5.33. The van der Waals surface area contributed by atoms with Gasteiger partial charge in [0, 0.05) is 13.2 Å². The van der Waals surface area contributed by atoms with Gasteiger partial charge >= 0.3 is 0 Å². The van der Waals surface area contributed by atoms with Crippen molar-refractivity contribution in [1.82, 2.24) is 4.98 Å². The van der Waals surface area contributed by atoms with Crippen LogP contribution in [0.5, 0.6) is 0 Å². The molecule has 2 aromatic rings. The summed E-state index contributed by atoms with van der Waals surface area (Å²) in [7, 11) is 0. The summed E-state index contributed by atoms with van der Waals surface area (Å²) >= 11 is 1.66. The molecule has 0 amide bonds. The topological polar surface area (TPSA) is 60.2 Å². The van der Waals surface area contributed by atoms with Crippen molar-refractivity contribution in [2.45, 2.75) is 13.8 Å². The molecule has 0 bridgehead atoms. The van der Waals surface area contributed by atoms with Gasteiger partial charge in [-0.3, -0.25) is 0 Å². The van der Waals surface area contributed by atoms with Crippen LogP contribution in [0, 0.1) is 6.92 Å². The number of thiazole rings is 1. The Hall–Kier alpha value is -1.33. The van der Waals surface area contributed by atoms with E-state index < -0.39 is 0 Å². The van der Waals surface area contributed by atoms with E-state index in [0.29, 0.717) is 6.61 Å². The molecule has 1 heterocycles. The lowest BCUT2D eigenvalue weighted by Crippen LogP contribution is -2.10. The van der Waals surface area contributed by atoms with E-state index in [2.05, 4.69) is 10.3 Å². The van der Waals surface area contributed by atoms with E-state index in [1.165, 1.54) is 0 Å². The second-order valence-corrected chi connectivity index (χ2v) is 5.00. The van der Waals surface area contributed by atoms with Crippen LogP contribution >= 0.6 is 11.3 Å². The van der Waals surface area contributed by atoms with Gasteiger partial charge in [0.05, 0.1) is 33.2 Å². The smallest absolute Gasteiger partial charge is 0.0907 e. The molecule has 0 saturated heterocycles. The Bertz CT molecular complexity index is 510. The third kappa shape index (κ3) is 2.87. The number of aromatic nitrogens is 1. The number of benzene rings is 1. The third-order valence-corrected chi connectivity index (χ3v) is 3.37. The summed E-state index contributed by atoms with van der Waals surface area (Å²) in [6.45, 7) is 6.17. The van der Waals surface area contributed by atoms with Gasteiger partial charge in [-0.1, -0.05) is 0 Å². The van der Waals surface area contributed by atoms with E-state index in [0.717, 1.165) is 39.8 Å². The lowest BCUT2D eigenvalue weighted by molar-refractivity contribution is 0.158. The van der Waals surface area contributed by atoms with Gasteiger partial charge in [0.25, 0.3) is 0 Å². The van der Waals surface area contributed by atoms with E-state index in [1.807, 2.05) is 26.0 Å². The van der Waals surface area contributed by atoms with Crippen molar-refractivity contribution in [3.05, 3.63) is 17.1 Å². The van der Waals surface area contributed by atoms with Gasteiger partial charge in [-0.2, -0.15) is 0 Å². The second-order valence-electron chi connectivity index (χ2n) is 3.76. The molecule has 1 aromatic heterocycles. The zero-order valence-electron chi connectivity index (χ0n) is 10.1. The molecule has 0 radical (unpaired) electrons. The predicted molar refractivity (Wildman–Crippen MR) is 73.8 cm³/mol. The first kappa shape index (κ1) is 12.1. The van der Waals surface area contributed by atoms with Crippen LogP contribution in [0.2, 0.25) is 0 Å². The predicted octanol–water partition coefficient (Wildman–Crippen LogP) is 2.64. The lowest BCUT2D eigenvalue weighted by Gasteiger charge is -2.09. The van der Waals surface area contributed by atoms with Crippen LogP contribution < -0.4 is 11.1 Å². The minimum absolute atomic E-state index is 0.685. The molecular weight excluding hydrogens is 234 g/mol. The Morgan fingerprint density at radius 3 is 3.06 bits per heavy atom. The SMILES string of the molecule is CCOCCNc1cc2nc(C)sc2cc1N. The van der Waals surface area contributed by atoms with Crippen molar-refractivity contribution in [3.8, 4) is 0 Å². The fraction of sp³-hybridized carbons (Fsp3) is 0.417. The number of anilines is 2. The maximum atomic E-state index is 5.99. The van der Waals surface area contributed by atoms with Crippen molar-refractivity contribution in [1.29, 1.82) is 0 Å². The molecule has 0 aliphatic heterocycles. The summed E-state index contributed by atoms with van der Waals surface area (Å²) in [5.74, 6) is 0. The molecule has 0 aliphatic carbocycles. The van der Waals surface area contributed by atoms with E-state index in [-0.39, 0.29) is 0 Å². The number of fused-ring (bicyclic) bond motifs is 1. The van der Waals surface area contributed by atoms with Crippen LogP contribution in [0.1, 0.15) is 11.9 Å². The van der Waals surface area contributed by atoms with Crippen LogP contribution in [-0.4, -0.2) is 24.7 Å². The molecule has 1 aromatic carbocycles. The summed E-state index contributed by atoms with van der Waals surface area (Å²) < 4.78 is 6.40. The number of nitrogens with zero attached hydrogens (tertiary/aromatic N) is 1. The van der Waals surface area contributed by atoms with Gasteiger partial charge in [-0.25, -0.2) is 4.98 Å². The minimum atomic E-state index is 0.685. The Morgan fingerprint density at radius 2 is 2.29 bits per heavy atom. The molecule has 0 unspecified atom stereocenters. The first-order valence-corrected chi connectivity index (χ1v) is 6.50. The maximum absolute atomic E-state index is 5.99. The molecule has 92 valence electrons. The molecule has 17 heavy (non-hydrogen) atoms. The highest BCUT2D eigenvalue weighted by Gasteiger charge is 2.05. The van der Waals surface area contributed by atoms with Crippen molar-refractivity contribution in [3.63, 3.8) is 0 Å². The fourth-order valence-electron chi connectivity index (χ4n) is 1.66. The average Bonchev–Trinajstić information content (AvgIpc) is 2.63. The highest BCUT2D eigenvalue weighted by molar-refractivity contribution is 7.18. The van der Waals surface area contributed by atoms with Crippen molar-refractivity contribution in [2.75, 3.05) is 30.8 Å². The molecular formula is C12H17N3OS. The van der Waals surface area contributed by atoms with Crippen LogP contribution in [-0.2, 0) is 4.74 Å². The van der Waals surface area contributed by atoms with E-state index in [9.17, 15) is 0 Å². The molecule has 5 heteroatoms. The van der Waals surface area contributed by atoms with Crippen LogP contribution in [0.15, 0.2) is 12.1 Å². The molecule has 2 rings (SSSR count). The molecule has 0 spiro atoms. The number of ether oxygens (including phenoxy) is 1. The number of hydrogen-bond acceptors (Lipinski definition) is 5. The average molecular weight is 251 g/mol. The zero-order chi connectivity index (χ0) is 12.3. The Labute approximate surface area is 105 Å². The Balaban J connectivity index is 2.13. The normalized spacial score (nSPS) is 10.9. The molecule has 0 fully saturated rings. The van der Waals surface area contributed by atoms with Gasteiger partial charge in [0.15, 0.2) is 0 Å². The highest BCUT2D eigenvalue weighted by atomic mass is 32.1. The van der Waals surface area contributed by atoms with Crippen molar-refractivity contribution in [2.24, 2.45) is 0 Å². The van der Waals surface area contributed by atoms with E-state index in [1.54, 1.807) is 11.3 Å². The maximum Gasteiger partial charge on any atom is 0.0907 e. The minimum Gasteiger partial charge on any atom is -0.397 e. The van der Waals surface area contributed by atoms with Gasteiger partial charge in [0.2, 0.25) is 0 Å². The van der Waals surface area contributed by atoms with Gasteiger partial charge < -0.3 is 15.8 Å². The number of nitrogens with one attached hydrogen (secondary N) is 1. The Morgan fingerprint density at radius 1 is 1.47 bits per heavy atom. The summed E-state index contributed by atoms with van der Waals surface area (Å²) in [6.07, 6.45) is 0. The quantitative estimate of drug-likeness (QED) is 0.633. The highest BCUT2D eigenvalue weighted by Crippen LogP contribution is 2.29. The molecule has 4 nitrogen and oxygen atoms in total. The van der Waals surface area contributed by atoms with Crippen molar-refractivity contribution < 1.29 is 4.74 Å². The molecule has 0 atom stereocenters. The number of nitrogens with two attached hydrogens (primary N) is 1. The van der Waals surface area contributed by atoms with Gasteiger partial charge in [-0.15, -0.1) is 11.3 Å². The van der Waals surface area contributed by atoms with Crippen molar-refractivity contribution >= 4 is 32.9 Å². The summed E-state index contributed by atoms with van der Waals surface area (Å²) in [6, 6.07) is 3.98. The van der Waals surface area contributed by atoms with Crippen LogP contribution in [0.3, 0.4) is 0 Å². The molecule has 0 saturated carbocycles. The Kier molecular flexibility index (Phi) is 3.81. The monoisotopic (exact) mass is 251 g/mol. The molecule has 0 aliphatic rings. The zero-order valence-corrected chi connectivity index (χ0v) is 10.9. The molecule has 3 N–H and O–H groups in total. The lowest BCUT2D eigenvalue weighted by atomic mass is 10.2. The van der Waals surface area contributed by atoms with Crippen LogP contribution in [0.4, 0.5) is 11.4 Å². The van der Waals surface area contributed by atoms with E-state index >= 15 is 0 Å². The number of hydrogen-bond donors (Lipinski definition) is 2. The summed E-state index contributed by atoms with van der Waals surface area (Å²) in [5, 5.41) is 4.32. The number of rotatable bonds is 5. The number of nitrogen functional groups attached to an aromatic ring is 1. The van der Waals surface area contributed by atoms with Crippen LogP contribution in [0.25, 0.3) is 10.2 Å². The standard InChI is InChI=1S/C12H17N3OS/c1-3-16-5-4-14-10-7-11-12(6-9(10)13)17-8(2)15-11/h6-7,14H,3-5,13H2,1-2H3. The third-order valence-electron chi connectivity index (χ3n) is 2.43. The number of aryl methyl sites for hydroxylation is 1. The first-order valence-electron chi connectivity index (χ1n) is 5.69. The summed E-state index contributed by atoms with van der Waals surface area (Å²) in [4.78, 5) is 4.45. The fourth-order valence-corrected chi connectivity index (χ4v) is 2.52.